The fourth-order valence-electron chi connectivity index (χ4n) is 2.47. The number of ether oxygens (including phenoxy) is 1. The van der Waals surface area contributed by atoms with Crippen molar-refractivity contribution in [3.63, 3.8) is 0 Å². The van der Waals surface area contributed by atoms with E-state index in [4.69, 9.17) is 9.84 Å². The first-order valence-corrected chi connectivity index (χ1v) is 5.74. The molecule has 2 N–H and O–H groups in total. The Bertz CT molecular complexity index is 522. The lowest BCUT2D eigenvalue weighted by atomic mass is 10.2. The van der Waals surface area contributed by atoms with Crippen LogP contribution in [-0.4, -0.2) is 34.0 Å². The zero-order valence-corrected chi connectivity index (χ0v) is 10.00. The molecule has 0 bridgehead atoms. The van der Waals surface area contributed by atoms with Gasteiger partial charge >= 0.3 is 5.97 Å². The van der Waals surface area contributed by atoms with Crippen molar-refractivity contribution in [1.29, 1.82) is 0 Å². The number of hydrogen-bond acceptors (Lipinski definition) is 4. The van der Waals surface area contributed by atoms with Crippen LogP contribution in [0, 0.1) is 0 Å². The minimum atomic E-state index is -1.22. The van der Waals surface area contributed by atoms with Crippen molar-refractivity contribution in [3.8, 4) is 5.75 Å². The van der Waals surface area contributed by atoms with Gasteiger partial charge < -0.3 is 14.9 Å². The van der Waals surface area contributed by atoms with Crippen LogP contribution in [0.4, 0.5) is 0 Å². The van der Waals surface area contributed by atoms with E-state index in [-0.39, 0.29) is 23.6 Å². The van der Waals surface area contributed by atoms with Crippen molar-refractivity contribution in [2.24, 2.45) is 0 Å². The fourth-order valence-corrected chi connectivity index (χ4v) is 2.47. The summed E-state index contributed by atoms with van der Waals surface area (Å²) in [5.41, 5.74) is -0.670. The number of carbonyl (C=O) groups is 1. The van der Waals surface area contributed by atoms with Crippen LogP contribution in [0.5, 0.6) is 5.75 Å². The van der Waals surface area contributed by atoms with Crippen LogP contribution in [-0.2, 0) is 4.74 Å². The Morgan fingerprint density at radius 3 is 2.72 bits per heavy atom. The van der Waals surface area contributed by atoms with Crippen LogP contribution in [0.3, 0.4) is 0 Å². The van der Waals surface area contributed by atoms with Gasteiger partial charge in [0.05, 0.1) is 6.10 Å². The maximum Gasteiger partial charge on any atom is 0.352 e. The Balaban J connectivity index is 2.44. The number of aromatic hydroxyl groups is 1. The predicted molar refractivity (Wildman–Crippen MR) is 63.0 cm³/mol. The van der Waals surface area contributed by atoms with Crippen molar-refractivity contribution in [1.82, 2.24) is 4.57 Å². The van der Waals surface area contributed by atoms with E-state index < -0.39 is 11.5 Å². The summed E-state index contributed by atoms with van der Waals surface area (Å²) < 4.78 is 6.45. The first-order valence-electron chi connectivity index (χ1n) is 5.74. The lowest BCUT2D eigenvalue weighted by Gasteiger charge is -2.17. The van der Waals surface area contributed by atoms with Gasteiger partial charge in [0.1, 0.15) is 11.4 Å². The molecule has 2 atom stereocenters. The summed E-state index contributed by atoms with van der Waals surface area (Å²) in [5, 5.41) is 18.4. The number of nitrogens with zero attached hydrogens (tertiary/aromatic N) is 1. The molecule has 1 aromatic rings. The van der Waals surface area contributed by atoms with Gasteiger partial charge in [-0.1, -0.05) is 0 Å². The molecule has 0 spiro atoms. The Morgan fingerprint density at radius 1 is 1.44 bits per heavy atom. The van der Waals surface area contributed by atoms with Crippen LogP contribution < -0.4 is 5.56 Å². The molecule has 18 heavy (non-hydrogen) atoms. The molecule has 1 saturated carbocycles. The highest BCUT2D eigenvalue weighted by Gasteiger charge is 2.29. The molecule has 0 aliphatic heterocycles. The third-order valence-corrected chi connectivity index (χ3v) is 3.33. The number of methoxy groups -OCH3 is 1. The monoisotopic (exact) mass is 253 g/mol. The molecule has 2 rings (SSSR count). The Kier molecular flexibility index (Phi) is 3.38. The molecule has 0 saturated heterocycles. The third kappa shape index (κ3) is 2.24. The summed E-state index contributed by atoms with van der Waals surface area (Å²) in [7, 11) is 1.60. The summed E-state index contributed by atoms with van der Waals surface area (Å²) in [6, 6.07) is 1.95. The fraction of sp³-hybridized carbons (Fsp3) is 0.500. The topological polar surface area (TPSA) is 88.8 Å². The zero-order valence-electron chi connectivity index (χ0n) is 10.00. The molecule has 0 radical (unpaired) electrons. The van der Waals surface area contributed by atoms with Crippen LogP contribution >= 0.6 is 0 Å². The molecule has 0 amide bonds. The Hall–Kier alpha value is -1.82. The minimum absolute atomic E-state index is 0.0531. The van der Waals surface area contributed by atoms with Crippen LogP contribution in [0.25, 0.3) is 0 Å². The van der Waals surface area contributed by atoms with Gasteiger partial charge in [-0.05, 0) is 19.3 Å². The molecular weight excluding hydrogens is 238 g/mol. The third-order valence-electron chi connectivity index (χ3n) is 3.33. The summed E-state index contributed by atoms with van der Waals surface area (Å²) in [5.74, 6) is -1.54. The van der Waals surface area contributed by atoms with Gasteiger partial charge in [-0.25, -0.2) is 4.79 Å². The second-order valence-corrected chi connectivity index (χ2v) is 4.44. The zero-order chi connectivity index (χ0) is 13.3. The molecule has 2 unspecified atom stereocenters. The number of rotatable bonds is 3. The van der Waals surface area contributed by atoms with Gasteiger partial charge in [0.2, 0.25) is 0 Å². The van der Waals surface area contributed by atoms with E-state index in [0.29, 0.717) is 12.8 Å². The van der Waals surface area contributed by atoms with E-state index in [1.165, 1.54) is 4.57 Å². The molecule has 1 aliphatic rings. The largest absolute Gasteiger partial charge is 0.508 e. The normalized spacial score (nSPS) is 23.2. The second-order valence-electron chi connectivity index (χ2n) is 4.44. The molecule has 1 aromatic heterocycles. The molecule has 0 aromatic carbocycles. The van der Waals surface area contributed by atoms with Crippen LogP contribution in [0.2, 0.25) is 0 Å². The molecule has 1 fully saturated rings. The van der Waals surface area contributed by atoms with Gasteiger partial charge in [-0.2, -0.15) is 0 Å². The first-order chi connectivity index (χ1) is 8.52. The highest BCUT2D eigenvalue weighted by molar-refractivity contribution is 5.86. The molecule has 6 nitrogen and oxygen atoms in total. The van der Waals surface area contributed by atoms with Gasteiger partial charge in [-0.3, -0.25) is 9.36 Å². The number of carboxylic acids is 1. The van der Waals surface area contributed by atoms with Crippen molar-refractivity contribution >= 4 is 5.97 Å². The highest BCUT2D eigenvalue weighted by Crippen LogP contribution is 2.31. The van der Waals surface area contributed by atoms with E-state index in [9.17, 15) is 14.7 Å². The molecular formula is C12H15NO5. The first kappa shape index (κ1) is 12.6. The summed E-state index contributed by atoms with van der Waals surface area (Å²) in [6.45, 7) is 0. The summed E-state index contributed by atoms with van der Waals surface area (Å²) in [6.07, 6.45) is 2.16. The summed E-state index contributed by atoms with van der Waals surface area (Å²) >= 11 is 0. The molecule has 1 aliphatic carbocycles. The molecule has 98 valence electrons. The maximum atomic E-state index is 11.8. The average Bonchev–Trinajstić information content (AvgIpc) is 2.76. The van der Waals surface area contributed by atoms with Crippen LogP contribution in [0.15, 0.2) is 16.9 Å². The number of aromatic nitrogens is 1. The van der Waals surface area contributed by atoms with E-state index >= 15 is 0 Å². The lowest BCUT2D eigenvalue weighted by molar-refractivity contribution is 0.0677. The quantitative estimate of drug-likeness (QED) is 0.838. The number of carboxylic acid groups (broad SMARTS) is 1. The van der Waals surface area contributed by atoms with Gasteiger partial charge in [0.25, 0.3) is 5.56 Å². The maximum absolute atomic E-state index is 11.8. The van der Waals surface area contributed by atoms with Gasteiger partial charge in [0.15, 0.2) is 0 Å². The SMILES string of the molecule is COC1CCC(n2c(C(=O)O)cc(O)cc2=O)C1. The summed E-state index contributed by atoms with van der Waals surface area (Å²) in [4.78, 5) is 23.0. The Morgan fingerprint density at radius 2 is 2.17 bits per heavy atom. The van der Waals surface area contributed by atoms with E-state index in [1.54, 1.807) is 7.11 Å². The standard InChI is InChI=1S/C12H15NO5/c1-18-9-3-2-7(4-9)13-10(12(16)17)5-8(14)6-11(13)15/h5-7,9,14H,2-4H2,1H3,(H,16,17). The van der Waals surface area contributed by atoms with Crippen LogP contribution in [0.1, 0.15) is 35.8 Å². The second kappa shape index (κ2) is 4.81. The van der Waals surface area contributed by atoms with Gasteiger partial charge in [-0.15, -0.1) is 0 Å². The molecule has 6 heteroatoms. The lowest BCUT2D eigenvalue weighted by Crippen LogP contribution is -2.28. The number of hydrogen-bond donors (Lipinski definition) is 2. The molecule has 1 heterocycles. The predicted octanol–water partition coefficient (Wildman–Crippen LogP) is 0.992. The van der Waals surface area contributed by atoms with E-state index in [1.807, 2.05) is 0 Å². The van der Waals surface area contributed by atoms with Crippen molar-refractivity contribution < 1.29 is 19.7 Å². The number of pyridine rings is 1. The van der Waals surface area contributed by atoms with Crippen molar-refractivity contribution in [3.05, 3.63) is 28.2 Å². The van der Waals surface area contributed by atoms with E-state index in [2.05, 4.69) is 0 Å². The smallest absolute Gasteiger partial charge is 0.352 e. The Labute approximate surface area is 103 Å². The van der Waals surface area contributed by atoms with E-state index in [0.717, 1.165) is 18.6 Å². The average molecular weight is 253 g/mol. The van der Waals surface area contributed by atoms with Gasteiger partial charge in [0, 0.05) is 25.3 Å². The van der Waals surface area contributed by atoms with Crippen molar-refractivity contribution in [2.75, 3.05) is 7.11 Å². The van der Waals surface area contributed by atoms with Crippen molar-refractivity contribution in [2.45, 2.75) is 31.4 Å². The minimum Gasteiger partial charge on any atom is -0.508 e. The highest BCUT2D eigenvalue weighted by atomic mass is 16.5. The number of aromatic carboxylic acids is 1.